The van der Waals surface area contributed by atoms with Crippen molar-refractivity contribution in [3.05, 3.63) is 17.5 Å². The zero-order chi connectivity index (χ0) is 14.5. The predicted molar refractivity (Wildman–Crippen MR) is 79.6 cm³/mol. The number of aryl methyl sites for hydroxylation is 3. The molecule has 5 nitrogen and oxygen atoms in total. The van der Waals surface area contributed by atoms with Crippen molar-refractivity contribution < 1.29 is 4.79 Å². The minimum atomic E-state index is 0.237. The van der Waals surface area contributed by atoms with Crippen LogP contribution < -0.4 is 5.32 Å². The number of hydrogen-bond donors (Lipinski definition) is 1. The molecule has 0 bridgehead atoms. The molecule has 1 heterocycles. The van der Waals surface area contributed by atoms with Gasteiger partial charge in [-0.05, 0) is 52.6 Å². The number of nitrogens with zero attached hydrogens (tertiary/aromatic N) is 3. The summed E-state index contributed by atoms with van der Waals surface area (Å²) in [6.45, 7) is 9.19. The fourth-order valence-electron chi connectivity index (χ4n) is 2.58. The van der Waals surface area contributed by atoms with Gasteiger partial charge >= 0.3 is 0 Å². The number of likely N-dealkylation sites (N-methyl/N-ethyl adjacent to an activating group) is 1. The van der Waals surface area contributed by atoms with Gasteiger partial charge in [-0.1, -0.05) is 0 Å². The van der Waals surface area contributed by atoms with E-state index in [2.05, 4.69) is 30.3 Å². The summed E-state index contributed by atoms with van der Waals surface area (Å²) in [7, 11) is 0. The highest BCUT2D eigenvalue weighted by Crippen LogP contribution is 2.26. The molecule has 5 heteroatoms. The molecule has 0 atom stereocenters. The molecule has 0 radical (unpaired) electrons. The summed E-state index contributed by atoms with van der Waals surface area (Å²) < 4.78 is 2.03. The van der Waals surface area contributed by atoms with Crippen molar-refractivity contribution in [2.75, 3.05) is 19.6 Å². The third kappa shape index (κ3) is 4.07. The maximum Gasteiger partial charge on any atom is 0.236 e. The van der Waals surface area contributed by atoms with Crippen LogP contribution in [0.25, 0.3) is 0 Å². The molecular formula is C15H26N4O. The van der Waals surface area contributed by atoms with Crippen LogP contribution in [0.3, 0.4) is 0 Å². The van der Waals surface area contributed by atoms with Crippen LogP contribution in [0.1, 0.15) is 37.6 Å². The molecule has 112 valence electrons. The SMILES string of the molecule is CCN(C(=O)CNCCCn1nc(C)cc1C)C1CC1. The van der Waals surface area contributed by atoms with Crippen molar-refractivity contribution in [3.8, 4) is 0 Å². The number of amides is 1. The Morgan fingerprint density at radius 1 is 1.50 bits per heavy atom. The first kappa shape index (κ1) is 15.0. The Kier molecular flexibility index (Phi) is 5.17. The van der Waals surface area contributed by atoms with Gasteiger partial charge in [0.15, 0.2) is 0 Å². The topological polar surface area (TPSA) is 50.2 Å². The monoisotopic (exact) mass is 278 g/mol. The lowest BCUT2D eigenvalue weighted by atomic mass is 10.3. The van der Waals surface area contributed by atoms with E-state index in [1.807, 2.05) is 16.5 Å². The average molecular weight is 278 g/mol. The smallest absolute Gasteiger partial charge is 0.236 e. The van der Waals surface area contributed by atoms with Gasteiger partial charge in [0.25, 0.3) is 0 Å². The number of hydrogen-bond acceptors (Lipinski definition) is 3. The second-order valence-corrected chi connectivity index (χ2v) is 5.59. The zero-order valence-corrected chi connectivity index (χ0v) is 12.9. The lowest BCUT2D eigenvalue weighted by molar-refractivity contribution is -0.130. The molecule has 1 amide bonds. The number of rotatable bonds is 8. The van der Waals surface area contributed by atoms with Gasteiger partial charge in [0.1, 0.15) is 0 Å². The first-order valence-electron chi connectivity index (χ1n) is 7.63. The number of carbonyl (C=O) groups excluding carboxylic acids is 1. The Morgan fingerprint density at radius 3 is 2.80 bits per heavy atom. The fourth-order valence-corrected chi connectivity index (χ4v) is 2.58. The molecule has 0 spiro atoms. The van der Waals surface area contributed by atoms with Crippen molar-refractivity contribution in [1.29, 1.82) is 0 Å². The summed E-state index contributed by atoms with van der Waals surface area (Å²) in [6, 6.07) is 2.61. The van der Waals surface area contributed by atoms with Gasteiger partial charge in [0.05, 0.1) is 12.2 Å². The molecule has 1 aromatic rings. The van der Waals surface area contributed by atoms with Gasteiger partial charge < -0.3 is 10.2 Å². The van der Waals surface area contributed by atoms with Crippen molar-refractivity contribution >= 4 is 5.91 Å². The van der Waals surface area contributed by atoms with E-state index in [1.54, 1.807) is 0 Å². The first-order chi connectivity index (χ1) is 9.61. The molecule has 0 aromatic carbocycles. The maximum atomic E-state index is 12.0. The average Bonchev–Trinajstić information content (AvgIpc) is 3.17. The van der Waals surface area contributed by atoms with E-state index in [0.29, 0.717) is 12.6 Å². The first-order valence-corrected chi connectivity index (χ1v) is 7.63. The van der Waals surface area contributed by atoms with Crippen LogP contribution in [0.4, 0.5) is 0 Å². The van der Waals surface area contributed by atoms with Crippen molar-refractivity contribution in [2.45, 2.75) is 52.6 Å². The number of carbonyl (C=O) groups is 1. The summed E-state index contributed by atoms with van der Waals surface area (Å²) in [5.74, 6) is 0.237. The minimum Gasteiger partial charge on any atom is -0.339 e. The van der Waals surface area contributed by atoms with E-state index in [9.17, 15) is 4.79 Å². The van der Waals surface area contributed by atoms with E-state index in [-0.39, 0.29) is 5.91 Å². The fraction of sp³-hybridized carbons (Fsp3) is 0.733. The predicted octanol–water partition coefficient (Wildman–Crippen LogP) is 1.49. The summed E-state index contributed by atoms with van der Waals surface area (Å²) >= 11 is 0. The minimum absolute atomic E-state index is 0.237. The van der Waals surface area contributed by atoms with E-state index in [4.69, 9.17) is 0 Å². The second-order valence-electron chi connectivity index (χ2n) is 5.59. The van der Waals surface area contributed by atoms with E-state index in [1.165, 1.54) is 18.5 Å². The molecule has 1 N–H and O–H groups in total. The molecule has 1 aromatic heterocycles. The number of nitrogens with one attached hydrogen (secondary N) is 1. The van der Waals surface area contributed by atoms with E-state index in [0.717, 1.165) is 31.7 Å². The van der Waals surface area contributed by atoms with E-state index >= 15 is 0 Å². The molecule has 1 saturated carbocycles. The van der Waals surface area contributed by atoms with Crippen LogP contribution in [-0.2, 0) is 11.3 Å². The molecule has 0 aliphatic heterocycles. The highest BCUT2D eigenvalue weighted by Gasteiger charge is 2.30. The summed E-state index contributed by atoms with van der Waals surface area (Å²) in [6.07, 6.45) is 3.35. The molecule has 2 rings (SSSR count). The highest BCUT2D eigenvalue weighted by atomic mass is 16.2. The Bertz CT molecular complexity index is 451. The van der Waals surface area contributed by atoms with Crippen molar-refractivity contribution in [3.63, 3.8) is 0 Å². The van der Waals surface area contributed by atoms with Crippen molar-refractivity contribution in [2.24, 2.45) is 0 Å². The molecule has 1 aliphatic carbocycles. The Hall–Kier alpha value is -1.36. The van der Waals surface area contributed by atoms with Gasteiger partial charge in [0.2, 0.25) is 5.91 Å². The van der Waals surface area contributed by atoms with Gasteiger partial charge in [-0.15, -0.1) is 0 Å². The third-order valence-electron chi connectivity index (χ3n) is 3.75. The number of aromatic nitrogens is 2. The lowest BCUT2D eigenvalue weighted by Gasteiger charge is -2.20. The van der Waals surface area contributed by atoms with Gasteiger partial charge in [-0.2, -0.15) is 5.10 Å². The molecule has 1 aliphatic rings. The quantitative estimate of drug-likeness (QED) is 0.733. The Morgan fingerprint density at radius 2 is 2.25 bits per heavy atom. The second kappa shape index (κ2) is 6.88. The van der Waals surface area contributed by atoms with Crippen LogP contribution in [0.5, 0.6) is 0 Å². The molecule has 0 saturated heterocycles. The Balaban J connectivity index is 1.61. The summed E-state index contributed by atoms with van der Waals surface area (Å²) in [4.78, 5) is 14.0. The van der Waals surface area contributed by atoms with Crippen LogP contribution in [-0.4, -0.2) is 46.3 Å². The highest BCUT2D eigenvalue weighted by molar-refractivity contribution is 5.78. The third-order valence-corrected chi connectivity index (χ3v) is 3.75. The van der Waals surface area contributed by atoms with E-state index < -0.39 is 0 Å². The van der Waals surface area contributed by atoms with Gasteiger partial charge in [-0.25, -0.2) is 0 Å². The van der Waals surface area contributed by atoms with Gasteiger partial charge in [0, 0.05) is 24.8 Å². The molecule has 1 fully saturated rings. The maximum absolute atomic E-state index is 12.0. The normalized spacial score (nSPS) is 14.6. The summed E-state index contributed by atoms with van der Waals surface area (Å²) in [5, 5.41) is 7.68. The van der Waals surface area contributed by atoms with Crippen LogP contribution in [0.15, 0.2) is 6.07 Å². The van der Waals surface area contributed by atoms with Crippen molar-refractivity contribution in [1.82, 2.24) is 20.0 Å². The molecule has 0 unspecified atom stereocenters. The zero-order valence-electron chi connectivity index (χ0n) is 12.9. The largest absolute Gasteiger partial charge is 0.339 e. The molecular weight excluding hydrogens is 252 g/mol. The Labute approximate surface area is 121 Å². The van der Waals surface area contributed by atoms with Gasteiger partial charge in [-0.3, -0.25) is 9.48 Å². The molecule has 20 heavy (non-hydrogen) atoms. The van der Waals surface area contributed by atoms with Crippen LogP contribution in [0.2, 0.25) is 0 Å². The standard InChI is InChI=1S/C15H26N4O/c1-4-18(14-6-7-14)15(20)11-16-8-5-9-19-13(3)10-12(2)17-19/h10,14,16H,4-9,11H2,1-3H3. The summed E-state index contributed by atoms with van der Waals surface area (Å²) in [5.41, 5.74) is 2.26. The lowest BCUT2D eigenvalue weighted by Crippen LogP contribution is -2.39. The van der Waals surface area contributed by atoms with Crippen LogP contribution >= 0.6 is 0 Å². The van der Waals surface area contributed by atoms with Crippen LogP contribution in [0, 0.1) is 13.8 Å².